The van der Waals surface area contributed by atoms with E-state index in [1.54, 1.807) is 12.3 Å². The van der Waals surface area contributed by atoms with Gasteiger partial charge in [0.25, 0.3) is 0 Å². The quantitative estimate of drug-likeness (QED) is 0.825. The van der Waals surface area contributed by atoms with Gasteiger partial charge in [-0.15, -0.1) is 0 Å². The standard InChI is InChI=1S/C14H13F2NO/c15-11-5-4-9(8-12(11)16)17-7-6-10-13(17)2-1-3-14(10)18/h4-8,14,18H,1-3H2. The van der Waals surface area contributed by atoms with Gasteiger partial charge in [-0.3, -0.25) is 0 Å². The number of aromatic nitrogens is 1. The molecule has 0 amide bonds. The van der Waals surface area contributed by atoms with Gasteiger partial charge in [0.1, 0.15) is 0 Å². The monoisotopic (exact) mass is 249 g/mol. The summed E-state index contributed by atoms with van der Waals surface area (Å²) in [6.45, 7) is 0. The molecule has 0 aliphatic heterocycles. The second-order valence-corrected chi connectivity index (χ2v) is 4.59. The van der Waals surface area contributed by atoms with Crippen LogP contribution in [0, 0.1) is 11.6 Å². The van der Waals surface area contributed by atoms with Crippen LogP contribution in [0.3, 0.4) is 0 Å². The fourth-order valence-corrected chi connectivity index (χ4v) is 2.54. The van der Waals surface area contributed by atoms with E-state index in [0.29, 0.717) is 5.69 Å². The maximum absolute atomic E-state index is 13.2. The summed E-state index contributed by atoms with van der Waals surface area (Å²) in [5, 5.41) is 9.87. The number of rotatable bonds is 1. The molecule has 1 aliphatic rings. The van der Waals surface area contributed by atoms with Crippen molar-refractivity contribution in [2.24, 2.45) is 0 Å². The molecule has 1 aliphatic carbocycles. The molecule has 0 saturated heterocycles. The van der Waals surface area contributed by atoms with Crippen LogP contribution in [0.5, 0.6) is 0 Å². The lowest BCUT2D eigenvalue weighted by atomic mass is 9.95. The Kier molecular flexibility index (Phi) is 2.67. The lowest BCUT2D eigenvalue weighted by Crippen LogP contribution is -2.11. The van der Waals surface area contributed by atoms with Crippen molar-refractivity contribution in [3.05, 3.63) is 53.4 Å². The van der Waals surface area contributed by atoms with E-state index in [0.717, 1.165) is 36.6 Å². The van der Waals surface area contributed by atoms with E-state index in [4.69, 9.17) is 0 Å². The van der Waals surface area contributed by atoms with Crippen LogP contribution < -0.4 is 0 Å². The average molecular weight is 249 g/mol. The third-order valence-electron chi connectivity index (χ3n) is 3.46. The van der Waals surface area contributed by atoms with Crippen molar-refractivity contribution in [1.29, 1.82) is 0 Å². The van der Waals surface area contributed by atoms with Crippen molar-refractivity contribution < 1.29 is 13.9 Å². The zero-order valence-corrected chi connectivity index (χ0v) is 9.74. The number of nitrogens with zero attached hydrogens (tertiary/aromatic N) is 1. The Morgan fingerprint density at radius 1 is 1.17 bits per heavy atom. The second kappa shape index (κ2) is 4.21. The average Bonchev–Trinajstić information content (AvgIpc) is 2.78. The minimum Gasteiger partial charge on any atom is -0.388 e. The molecule has 0 saturated carbocycles. The third-order valence-corrected chi connectivity index (χ3v) is 3.46. The predicted octanol–water partition coefficient (Wildman–Crippen LogP) is 3.13. The van der Waals surface area contributed by atoms with E-state index in [9.17, 15) is 13.9 Å². The molecule has 94 valence electrons. The van der Waals surface area contributed by atoms with Gasteiger partial charge in [-0.05, 0) is 37.5 Å². The lowest BCUT2D eigenvalue weighted by Gasteiger charge is -2.20. The Hall–Kier alpha value is -1.68. The molecule has 4 heteroatoms. The van der Waals surface area contributed by atoms with Crippen LogP contribution in [0.2, 0.25) is 0 Å². The lowest BCUT2D eigenvalue weighted by molar-refractivity contribution is 0.156. The molecule has 3 rings (SSSR count). The summed E-state index contributed by atoms with van der Waals surface area (Å²) in [7, 11) is 0. The van der Waals surface area contributed by atoms with Gasteiger partial charge in [0.15, 0.2) is 11.6 Å². The van der Waals surface area contributed by atoms with Gasteiger partial charge in [0.2, 0.25) is 0 Å². The Balaban J connectivity index is 2.09. The van der Waals surface area contributed by atoms with Gasteiger partial charge < -0.3 is 9.67 Å². The summed E-state index contributed by atoms with van der Waals surface area (Å²) in [4.78, 5) is 0. The number of hydrogen-bond donors (Lipinski definition) is 1. The molecule has 0 bridgehead atoms. The first-order chi connectivity index (χ1) is 8.66. The highest BCUT2D eigenvalue weighted by atomic mass is 19.2. The first-order valence-electron chi connectivity index (χ1n) is 6.00. The molecule has 18 heavy (non-hydrogen) atoms. The number of benzene rings is 1. The van der Waals surface area contributed by atoms with E-state index in [2.05, 4.69) is 0 Å². The van der Waals surface area contributed by atoms with Crippen molar-refractivity contribution in [2.45, 2.75) is 25.4 Å². The normalized spacial score (nSPS) is 18.7. The Bertz CT molecular complexity index is 591. The highest BCUT2D eigenvalue weighted by Gasteiger charge is 2.21. The van der Waals surface area contributed by atoms with Crippen LogP contribution in [-0.2, 0) is 6.42 Å². The van der Waals surface area contributed by atoms with Crippen molar-refractivity contribution in [1.82, 2.24) is 4.57 Å². The SMILES string of the molecule is OC1CCCc2c1ccn2-c1ccc(F)c(F)c1. The van der Waals surface area contributed by atoms with Gasteiger partial charge >= 0.3 is 0 Å². The van der Waals surface area contributed by atoms with Gasteiger partial charge in [0, 0.05) is 29.2 Å². The van der Waals surface area contributed by atoms with Gasteiger partial charge in [-0.25, -0.2) is 8.78 Å². The smallest absolute Gasteiger partial charge is 0.160 e. The van der Waals surface area contributed by atoms with Crippen LogP contribution in [0.1, 0.15) is 30.2 Å². The molecule has 1 atom stereocenters. The molecule has 1 unspecified atom stereocenters. The maximum Gasteiger partial charge on any atom is 0.160 e. The Morgan fingerprint density at radius 3 is 2.78 bits per heavy atom. The minimum absolute atomic E-state index is 0.444. The highest BCUT2D eigenvalue weighted by molar-refractivity contribution is 5.40. The number of fused-ring (bicyclic) bond motifs is 1. The molecular weight excluding hydrogens is 236 g/mol. The summed E-state index contributed by atoms with van der Waals surface area (Å²) in [6.07, 6.45) is 3.86. The molecule has 1 aromatic carbocycles. The first-order valence-corrected chi connectivity index (χ1v) is 6.00. The zero-order valence-electron chi connectivity index (χ0n) is 9.74. The van der Waals surface area contributed by atoms with E-state index < -0.39 is 17.7 Å². The van der Waals surface area contributed by atoms with Gasteiger partial charge in [-0.1, -0.05) is 0 Å². The van der Waals surface area contributed by atoms with E-state index in [1.807, 2.05) is 10.6 Å². The summed E-state index contributed by atoms with van der Waals surface area (Å²) in [6, 6.07) is 5.69. The first kappa shape index (κ1) is 11.4. The maximum atomic E-state index is 13.2. The van der Waals surface area contributed by atoms with Crippen molar-refractivity contribution in [3.63, 3.8) is 0 Å². The molecule has 1 aromatic heterocycles. The summed E-state index contributed by atoms with van der Waals surface area (Å²) >= 11 is 0. The summed E-state index contributed by atoms with van der Waals surface area (Å²) in [5.41, 5.74) is 2.47. The molecule has 2 aromatic rings. The number of aliphatic hydroxyl groups is 1. The molecule has 0 spiro atoms. The zero-order chi connectivity index (χ0) is 12.7. The summed E-state index contributed by atoms with van der Waals surface area (Å²) in [5.74, 6) is -1.70. The fourth-order valence-electron chi connectivity index (χ4n) is 2.54. The largest absolute Gasteiger partial charge is 0.388 e. The molecule has 1 N–H and O–H groups in total. The topological polar surface area (TPSA) is 25.2 Å². The molecule has 0 radical (unpaired) electrons. The number of halogens is 2. The van der Waals surface area contributed by atoms with Crippen molar-refractivity contribution in [2.75, 3.05) is 0 Å². The van der Waals surface area contributed by atoms with Crippen molar-refractivity contribution >= 4 is 0 Å². The second-order valence-electron chi connectivity index (χ2n) is 4.59. The minimum atomic E-state index is -0.855. The van der Waals surface area contributed by atoms with Crippen LogP contribution in [0.15, 0.2) is 30.5 Å². The number of hydrogen-bond acceptors (Lipinski definition) is 1. The number of aliphatic hydroxyl groups excluding tert-OH is 1. The van der Waals surface area contributed by atoms with Gasteiger partial charge in [-0.2, -0.15) is 0 Å². The molecule has 2 nitrogen and oxygen atoms in total. The Labute approximate surface area is 103 Å². The van der Waals surface area contributed by atoms with Crippen molar-refractivity contribution in [3.8, 4) is 5.69 Å². The highest BCUT2D eigenvalue weighted by Crippen LogP contribution is 2.32. The van der Waals surface area contributed by atoms with E-state index >= 15 is 0 Å². The van der Waals surface area contributed by atoms with Crippen LogP contribution in [-0.4, -0.2) is 9.67 Å². The van der Waals surface area contributed by atoms with Crippen LogP contribution in [0.4, 0.5) is 8.78 Å². The van der Waals surface area contributed by atoms with Gasteiger partial charge in [0.05, 0.1) is 6.10 Å². The van der Waals surface area contributed by atoms with Crippen LogP contribution >= 0.6 is 0 Å². The van der Waals surface area contributed by atoms with E-state index in [1.165, 1.54) is 6.07 Å². The molecule has 1 heterocycles. The van der Waals surface area contributed by atoms with Crippen LogP contribution in [0.25, 0.3) is 5.69 Å². The molecule has 0 fully saturated rings. The third kappa shape index (κ3) is 1.73. The predicted molar refractivity (Wildman–Crippen MR) is 63.6 cm³/mol. The Morgan fingerprint density at radius 2 is 2.00 bits per heavy atom. The summed E-state index contributed by atoms with van der Waals surface area (Å²) < 4.78 is 28.0. The molecular formula is C14H13F2NO. The fraction of sp³-hybridized carbons (Fsp3) is 0.286. The van der Waals surface area contributed by atoms with E-state index in [-0.39, 0.29) is 0 Å².